The van der Waals surface area contributed by atoms with Gasteiger partial charge in [-0.15, -0.1) is 5.10 Å². The van der Waals surface area contributed by atoms with Crippen LogP contribution < -0.4 is 20.7 Å². The summed E-state index contributed by atoms with van der Waals surface area (Å²) in [6.07, 6.45) is 0. The molecule has 0 radical (unpaired) electrons. The first kappa shape index (κ1) is 22.4. The SMILES string of the molecule is CCOc1ccccc1C1C(C(N)=O)=C(C)Nc2nc(-c3ccc(N(CC)CC)cc3)nn21. The Balaban J connectivity index is 1.80. The Morgan fingerprint density at radius 1 is 1.12 bits per heavy atom. The van der Waals surface area contributed by atoms with E-state index in [1.54, 1.807) is 4.68 Å². The van der Waals surface area contributed by atoms with Gasteiger partial charge in [-0.05, 0) is 58.0 Å². The second-order valence-corrected chi connectivity index (χ2v) is 7.82. The standard InChI is InChI=1S/C25H30N6O2/c1-5-30(6-2)18-14-12-17(13-15-18)24-28-25-27-16(4)21(23(26)32)22(31(25)29-24)19-10-8-9-11-20(19)33-7-3/h8-15,22H,5-7H2,1-4H3,(H2,26,32)(H,27,28,29). The normalized spacial score (nSPS) is 15.1. The number of anilines is 2. The summed E-state index contributed by atoms with van der Waals surface area (Å²) in [5.74, 6) is 1.30. The average molecular weight is 447 g/mol. The van der Waals surface area contributed by atoms with Crippen LogP contribution in [0.2, 0.25) is 0 Å². The zero-order chi connectivity index (χ0) is 23.5. The van der Waals surface area contributed by atoms with Gasteiger partial charge in [0.1, 0.15) is 11.8 Å². The number of ether oxygens (including phenoxy) is 1. The predicted molar refractivity (Wildman–Crippen MR) is 130 cm³/mol. The van der Waals surface area contributed by atoms with Gasteiger partial charge in [-0.2, -0.15) is 4.98 Å². The highest BCUT2D eigenvalue weighted by Gasteiger charge is 2.35. The quantitative estimate of drug-likeness (QED) is 0.543. The molecule has 0 fully saturated rings. The van der Waals surface area contributed by atoms with Crippen LogP contribution in [0.15, 0.2) is 59.8 Å². The van der Waals surface area contributed by atoms with E-state index in [2.05, 4.69) is 36.2 Å². The van der Waals surface area contributed by atoms with E-state index in [4.69, 9.17) is 20.6 Å². The van der Waals surface area contributed by atoms with Crippen molar-refractivity contribution in [2.45, 2.75) is 33.7 Å². The van der Waals surface area contributed by atoms with Gasteiger partial charge in [0.15, 0.2) is 5.82 Å². The van der Waals surface area contributed by atoms with Crippen LogP contribution in [-0.4, -0.2) is 40.4 Å². The van der Waals surface area contributed by atoms with Gasteiger partial charge >= 0.3 is 0 Å². The molecule has 0 spiro atoms. The molecule has 2 aromatic carbocycles. The highest BCUT2D eigenvalue weighted by Crippen LogP contribution is 2.39. The maximum absolute atomic E-state index is 12.5. The summed E-state index contributed by atoms with van der Waals surface area (Å²) < 4.78 is 7.58. The van der Waals surface area contributed by atoms with E-state index in [-0.39, 0.29) is 0 Å². The lowest BCUT2D eigenvalue weighted by molar-refractivity contribution is -0.115. The molecule has 4 rings (SSSR count). The van der Waals surface area contributed by atoms with Crippen LogP contribution >= 0.6 is 0 Å². The summed E-state index contributed by atoms with van der Waals surface area (Å²) in [7, 11) is 0. The van der Waals surface area contributed by atoms with E-state index in [0.29, 0.717) is 35.4 Å². The zero-order valence-corrected chi connectivity index (χ0v) is 19.5. The Morgan fingerprint density at radius 3 is 2.45 bits per heavy atom. The number of para-hydroxylation sites is 1. The Morgan fingerprint density at radius 2 is 1.82 bits per heavy atom. The molecule has 8 nitrogen and oxygen atoms in total. The second kappa shape index (κ2) is 9.36. The number of nitrogens with one attached hydrogen (secondary N) is 1. The third kappa shape index (κ3) is 4.16. The number of allylic oxidation sites excluding steroid dienone is 1. The molecule has 2 heterocycles. The number of primary amides is 1. The molecule has 1 amide bonds. The fraction of sp³-hybridized carbons (Fsp3) is 0.320. The molecule has 1 atom stereocenters. The minimum Gasteiger partial charge on any atom is -0.494 e. The molecule has 3 N–H and O–H groups in total. The van der Waals surface area contributed by atoms with Crippen LogP contribution in [0.3, 0.4) is 0 Å². The van der Waals surface area contributed by atoms with E-state index >= 15 is 0 Å². The molecule has 0 bridgehead atoms. The van der Waals surface area contributed by atoms with Crippen LogP contribution in [0, 0.1) is 0 Å². The number of aromatic nitrogens is 3. The van der Waals surface area contributed by atoms with Crippen molar-refractivity contribution in [3.8, 4) is 17.1 Å². The lowest BCUT2D eigenvalue weighted by Crippen LogP contribution is -2.32. The van der Waals surface area contributed by atoms with Crippen molar-refractivity contribution in [2.75, 3.05) is 29.9 Å². The fourth-order valence-corrected chi connectivity index (χ4v) is 4.28. The smallest absolute Gasteiger partial charge is 0.248 e. The Bertz CT molecular complexity index is 1180. The van der Waals surface area contributed by atoms with Crippen LogP contribution in [0.4, 0.5) is 11.6 Å². The van der Waals surface area contributed by atoms with Crippen LogP contribution in [0.25, 0.3) is 11.4 Å². The molecule has 3 aromatic rings. The number of nitrogens with zero attached hydrogens (tertiary/aromatic N) is 4. The van der Waals surface area contributed by atoms with Crippen molar-refractivity contribution < 1.29 is 9.53 Å². The summed E-state index contributed by atoms with van der Waals surface area (Å²) in [6, 6.07) is 15.3. The summed E-state index contributed by atoms with van der Waals surface area (Å²) >= 11 is 0. The minimum atomic E-state index is -0.544. The number of amides is 1. The van der Waals surface area contributed by atoms with E-state index in [1.165, 1.54) is 0 Å². The molecule has 8 heteroatoms. The first-order valence-electron chi connectivity index (χ1n) is 11.3. The molecule has 0 saturated carbocycles. The minimum absolute atomic E-state index is 0.433. The summed E-state index contributed by atoms with van der Waals surface area (Å²) in [4.78, 5) is 19.5. The molecule has 172 valence electrons. The largest absolute Gasteiger partial charge is 0.494 e. The van der Waals surface area contributed by atoms with Gasteiger partial charge in [0.05, 0.1) is 12.2 Å². The van der Waals surface area contributed by atoms with Gasteiger partial charge in [-0.1, -0.05) is 18.2 Å². The highest BCUT2D eigenvalue weighted by atomic mass is 16.5. The molecule has 1 aliphatic heterocycles. The Hall–Kier alpha value is -3.81. The molecular formula is C25H30N6O2. The van der Waals surface area contributed by atoms with Crippen molar-refractivity contribution in [1.29, 1.82) is 0 Å². The van der Waals surface area contributed by atoms with E-state index in [0.717, 1.165) is 29.9 Å². The lowest BCUT2D eigenvalue weighted by Gasteiger charge is -2.28. The van der Waals surface area contributed by atoms with Crippen molar-refractivity contribution in [1.82, 2.24) is 14.8 Å². The van der Waals surface area contributed by atoms with Gasteiger partial charge < -0.3 is 20.7 Å². The van der Waals surface area contributed by atoms with Crippen molar-refractivity contribution in [3.63, 3.8) is 0 Å². The number of carbonyl (C=O) groups excluding carboxylic acids is 1. The maximum atomic E-state index is 12.5. The lowest BCUT2D eigenvalue weighted by atomic mass is 9.94. The van der Waals surface area contributed by atoms with Crippen molar-refractivity contribution >= 4 is 17.5 Å². The summed E-state index contributed by atoms with van der Waals surface area (Å²) in [6.45, 7) is 10.4. The predicted octanol–water partition coefficient (Wildman–Crippen LogP) is 3.96. The molecule has 0 saturated heterocycles. The number of fused-ring (bicyclic) bond motifs is 1. The summed E-state index contributed by atoms with van der Waals surface area (Å²) in [5.41, 5.74) is 9.76. The molecule has 33 heavy (non-hydrogen) atoms. The van der Waals surface area contributed by atoms with E-state index in [9.17, 15) is 4.79 Å². The number of rotatable bonds is 8. The number of benzene rings is 2. The van der Waals surface area contributed by atoms with Crippen molar-refractivity contribution in [2.24, 2.45) is 5.73 Å². The molecule has 1 unspecified atom stereocenters. The van der Waals surface area contributed by atoms with Crippen LogP contribution in [0.5, 0.6) is 5.75 Å². The van der Waals surface area contributed by atoms with Gasteiger partial charge in [0, 0.05) is 35.6 Å². The summed E-state index contributed by atoms with van der Waals surface area (Å²) in [5, 5.41) is 7.99. The number of nitrogens with two attached hydrogens (primary N) is 1. The van der Waals surface area contributed by atoms with Gasteiger partial charge in [-0.3, -0.25) is 4.79 Å². The third-order valence-electron chi connectivity index (χ3n) is 5.89. The van der Waals surface area contributed by atoms with E-state index < -0.39 is 11.9 Å². The first-order valence-corrected chi connectivity index (χ1v) is 11.3. The number of hydrogen-bond donors (Lipinski definition) is 2. The molecule has 1 aromatic heterocycles. The molecule has 1 aliphatic rings. The van der Waals surface area contributed by atoms with E-state index in [1.807, 2.05) is 50.2 Å². The second-order valence-electron chi connectivity index (χ2n) is 7.82. The number of hydrogen-bond acceptors (Lipinski definition) is 6. The topological polar surface area (TPSA) is 98.3 Å². The third-order valence-corrected chi connectivity index (χ3v) is 5.89. The monoisotopic (exact) mass is 446 g/mol. The van der Waals surface area contributed by atoms with Gasteiger partial charge in [0.2, 0.25) is 11.9 Å². The molecule has 0 aliphatic carbocycles. The van der Waals surface area contributed by atoms with Gasteiger partial charge in [0.25, 0.3) is 0 Å². The van der Waals surface area contributed by atoms with Crippen LogP contribution in [-0.2, 0) is 4.79 Å². The zero-order valence-electron chi connectivity index (χ0n) is 19.5. The van der Waals surface area contributed by atoms with Gasteiger partial charge in [-0.25, -0.2) is 4.68 Å². The average Bonchev–Trinajstić information content (AvgIpc) is 3.23. The van der Waals surface area contributed by atoms with Crippen molar-refractivity contribution in [3.05, 3.63) is 65.4 Å². The van der Waals surface area contributed by atoms with Crippen LogP contribution in [0.1, 0.15) is 39.3 Å². The number of carbonyl (C=O) groups is 1. The highest BCUT2D eigenvalue weighted by molar-refractivity contribution is 5.95. The Labute approximate surface area is 194 Å². The Kier molecular flexibility index (Phi) is 6.35. The molecular weight excluding hydrogens is 416 g/mol. The first-order chi connectivity index (χ1) is 16.0. The maximum Gasteiger partial charge on any atom is 0.248 e. The fourth-order valence-electron chi connectivity index (χ4n) is 4.28.